The second-order valence-electron chi connectivity index (χ2n) is 4.02. The molecule has 0 aromatic heterocycles. The molecule has 0 saturated carbocycles. The molecule has 1 heterocycles. The van der Waals surface area contributed by atoms with Gasteiger partial charge < -0.3 is 9.64 Å². The van der Waals surface area contributed by atoms with E-state index in [4.69, 9.17) is 11.6 Å². The van der Waals surface area contributed by atoms with Gasteiger partial charge in [0.05, 0.1) is 7.11 Å². The number of urea groups is 1. The number of amides is 3. The maximum atomic E-state index is 11.9. The number of nitrogens with one attached hydrogen (secondary N) is 1. The Hall–Kier alpha value is -1.30. The van der Waals surface area contributed by atoms with Crippen LogP contribution < -0.4 is 5.32 Å². The summed E-state index contributed by atoms with van der Waals surface area (Å²) < 4.78 is 4.66. The number of ether oxygens (including phenoxy) is 1. The highest BCUT2D eigenvalue weighted by Crippen LogP contribution is 2.18. The lowest BCUT2D eigenvalue weighted by Gasteiger charge is -2.33. The van der Waals surface area contributed by atoms with E-state index < -0.39 is 23.9 Å². The molecule has 0 aromatic rings. The van der Waals surface area contributed by atoms with Gasteiger partial charge in [0.1, 0.15) is 6.04 Å². The SMILES string of the molecule is COC(=O)C1CCCCN1C(=O)NC(=O)CCCl. The van der Waals surface area contributed by atoms with Crippen molar-refractivity contribution in [3.8, 4) is 0 Å². The summed E-state index contributed by atoms with van der Waals surface area (Å²) in [6, 6.07) is -1.16. The van der Waals surface area contributed by atoms with Crippen molar-refractivity contribution in [3.05, 3.63) is 0 Å². The third-order valence-electron chi connectivity index (χ3n) is 2.80. The lowest BCUT2D eigenvalue weighted by molar-refractivity contribution is -0.147. The van der Waals surface area contributed by atoms with Crippen LogP contribution in [0.15, 0.2) is 0 Å². The molecule has 1 aliphatic rings. The number of piperidine rings is 1. The van der Waals surface area contributed by atoms with Crippen LogP contribution >= 0.6 is 11.6 Å². The van der Waals surface area contributed by atoms with Crippen molar-refractivity contribution in [1.82, 2.24) is 10.2 Å². The third-order valence-corrected chi connectivity index (χ3v) is 2.99. The number of carbonyl (C=O) groups is 3. The van der Waals surface area contributed by atoms with E-state index in [1.807, 2.05) is 0 Å². The van der Waals surface area contributed by atoms with E-state index in [1.54, 1.807) is 0 Å². The van der Waals surface area contributed by atoms with Crippen LogP contribution in [0.5, 0.6) is 0 Å². The monoisotopic (exact) mass is 276 g/mol. The summed E-state index contributed by atoms with van der Waals surface area (Å²) in [5.41, 5.74) is 0. The van der Waals surface area contributed by atoms with Crippen molar-refractivity contribution in [2.24, 2.45) is 0 Å². The maximum Gasteiger partial charge on any atom is 0.328 e. The van der Waals surface area contributed by atoms with Crippen LogP contribution in [0.2, 0.25) is 0 Å². The van der Waals surface area contributed by atoms with Crippen LogP contribution in [0.25, 0.3) is 0 Å². The summed E-state index contributed by atoms with van der Waals surface area (Å²) >= 11 is 5.41. The van der Waals surface area contributed by atoms with E-state index in [1.165, 1.54) is 12.0 Å². The molecule has 0 aromatic carbocycles. The smallest absolute Gasteiger partial charge is 0.328 e. The van der Waals surface area contributed by atoms with Gasteiger partial charge in [0.15, 0.2) is 0 Å². The molecule has 7 heteroatoms. The Bertz CT molecular complexity index is 335. The first-order valence-corrected chi connectivity index (χ1v) is 6.38. The Kier molecular flexibility index (Phi) is 5.91. The Balaban J connectivity index is 2.62. The highest BCUT2D eigenvalue weighted by Gasteiger charge is 2.33. The highest BCUT2D eigenvalue weighted by atomic mass is 35.5. The molecule has 3 amide bonds. The summed E-state index contributed by atoms with van der Waals surface area (Å²) in [5, 5.41) is 2.22. The number of rotatable bonds is 3. The van der Waals surface area contributed by atoms with E-state index in [2.05, 4.69) is 10.1 Å². The Morgan fingerprint density at radius 3 is 2.72 bits per heavy atom. The molecule has 1 N–H and O–H groups in total. The Labute approximate surface area is 111 Å². The van der Waals surface area contributed by atoms with E-state index in [9.17, 15) is 14.4 Å². The minimum Gasteiger partial charge on any atom is -0.467 e. The first-order chi connectivity index (χ1) is 8.60. The first-order valence-electron chi connectivity index (χ1n) is 5.84. The molecular formula is C11H17ClN2O4. The molecule has 0 aliphatic carbocycles. The molecular weight excluding hydrogens is 260 g/mol. The van der Waals surface area contributed by atoms with Crippen LogP contribution in [-0.2, 0) is 14.3 Å². The van der Waals surface area contributed by atoms with Crippen molar-refractivity contribution in [2.45, 2.75) is 31.7 Å². The molecule has 18 heavy (non-hydrogen) atoms. The van der Waals surface area contributed by atoms with Crippen molar-refractivity contribution in [2.75, 3.05) is 19.5 Å². The number of esters is 1. The first kappa shape index (κ1) is 14.8. The second-order valence-corrected chi connectivity index (χ2v) is 4.40. The number of likely N-dealkylation sites (tertiary alicyclic amines) is 1. The van der Waals surface area contributed by atoms with Gasteiger partial charge in [-0.15, -0.1) is 11.6 Å². The van der Waals surface area contributed by atoms with Crippen molar-refractivity contribution < 1.29 is 19.1 Å². The van der Waals surface area contributed by atoms with Crippen LogP contribution in [0.1, 0.15) is 25.7 Å². The molecule has 1 aliphatic heterocycles. The van der Waals surface area contributed by atoms with Gasteiger partial charge in [-0.25, -0.2) is 9.59 Å². The predicted molar refractivity (Wildman–Crippen MR) is 65.2 cm³/mol. The van der Waals surface area contributed by atoms with E-state index >= 15 is 0 Å². The number of hydrogen-bond donors (Lipinski definition) is 1. The average molecular weight is 277 g/mol. The zero-order chi connectivity index (χ0) is 13.5. The van der Waals surface area contributed by atoms with Gasteiger partial charge in [-0.2, -0.15) is 0 Å². The lowest BCUT2D eigenvalue weighted by atomic mass is 10.0. The largest absolute Gasteiger partial charge is 0.467 e. The van der Waals surface area contributed by atoms with Gasteiger partial charge in [-0.3, -0.25) is 10.1 Å². The summed E-state index contributed by atoms with van der Waals surface area (Å²) in [6.07, 6.45) is 2.30. The van der Waals surface area contributed by atoms with Crippen molar-refractivity contribution in [1.29, 1.82) is 0 Å². The summed E-state index contributed by atoms with van der Waals surface area (Å²) in [4.78, 5) is 36.0. The number of hydrogen-bond acceptors (Lipinski definition) is 4. The van der Waals surface area contributed by atoms with Crippen LogP contribution in [0, 0.1) is 0 Å². The molecule has 1 unspecified atom stereocenters. The van der Waals surface area contributed by atoms with Crippen molar-refractivity contribution >= 4 is 29.5 Å². The quantitative estimate of drug-likeness (QED) is 0.613. The molecule has 1 rings (SSSR count). The van der Waals surface area contributed by atoms with Crippen molar-refractivity contribution in [3.63, 3.8) is 0 Å². The standard InChI is InChI=1S/C11H17ClN2O4/c1-18-10(16)8-4-2-3-7-14(8)11(17)13-9(15)5-6-12/h8H,2-7H2,1H3,(H,13,15,17). The summed E-state index contributed by atoms with van der Waals surface area (Å²) in [6.45, 7) is 0.444. The van der Waals surface area contributed by atoms with Crippen LogP contribution in [-0.4, -0.2) is 48.4 Å². The Morgan fingerprint density at radius 2 is 2.11 bits per heavy atom. The zero-order valence-corrected chi connectivity index (χ0v) is 11.0. The van der Waals surface area contributed by atoms with E-state index in [0.717, 1.165) is 12.8 Å². The van der Waals surface area contributed by atoms with Crippen LogP contribution in [0.4, 0.5) is 4.79 Å². The lowest BCUT2D eigenvalue weighted by Crippen LogP contribution is -2.53. The summed E-state index contributed by atoms with van der Waals surface area (Å²) in [5.74, 6) is -0.738. The number of carbonyl (C=O) groups excluding carboxylic acids is 3. The van der Waals surface area contributed by atoms with Gasteiger partial charge in [0.2, 0.25) is 5.91 Å². The fourth-order valence-electron chi connectivity index (χ4n) is 1.90. The Morgan fingerprint density at radius 1 is 1.39 bits per heavy atom. The molecule has 1 fully saturated rings. The van der Waals surface area contributed by atoms with E-state index in [0.29, 0.717) is 13.0 Å². The molecule has 1 saturated heterocycles. The number of methoxy groups -OCH3 is 1. The maximum absolute atomic E-state index is 11.9. The number of nitrogens with zero attached hydrogens (tertiary/aromatic N) is 1. The molecule has 0 bridgehead atoms. The van der Waals surface area contributed by atoms with Gasteiger partial charge in [0, 0.05) is 18.8 Å². The van der Waals surface area contributed by atoms with Crippen LogP contribution in [0.3, 0.4) is 0 Å². The molecule has 1 atom stereocenters. The fourth-order valence-corrected chi connectivity index (χ4v) is 2.07. The number of halogens is 1. The average Bonchev–Trinajstić information content (AvgIpc) is 2.38. The minimum absolute atomic E-state index is 0.0734. The molecule has 102 valence electrons. The highest BCUT2D eigenvalue weighted by molar-refractivity contribution is 6.19. The summed E-state index contributed by atoms with van der Waals surface area (Å²) in [7, 11) is 1.28. The second kappa shape index (κ2) is 7.20. The van der Waals surface area contributed by atoms with Gasteiger partial charge in [-0.1, -0.05) is 0 Å². The zero-order valence-electron chi connectivity index (χ0n) is 10.3. The topological polar surface area (TPSA) is 75.7 Å². The molecule has 6 nitrogen and oxygen atoms in total. The molecule has 0 spiro atoms. The number of alkyl halides is 1. The fraction of sp³-hybridized carbons (Fsp3) is 0.727. The molecule has 0 radical (unpaired) electrons. The normalized spacial score (nSPS) is 19.2. The van der Waals surface area contributed by atoms with Gasteiger partial charge >= 0.3 is 12.0 Å². The van der Waals surface area contributed by atoms with E-state index in [-0.39, 0.29) is 12.3 Å². The third kappa shape index (κ3) is 3.87. The van der Waals surface area contributed by atoms with Gasteiger partial charge in [-0.05, 0) is 19.3 Å². The minimum atomic E-state index is -0.604. The van der Waals surface area contributed by atoms with Gasteiger partial charge in [0.25, 0.3) is 0 Å². The number of imide groups is 1. The predicted octanol–water partition coefficient (Wildman–Crippen LogP) is 0.879.